The molecule has 4 rings (SSSR count). The van der Waals surface area contributed by atoms with Crippen LogP contribution in [-0.4, -0.2) is 0 Å². The Hall–Kier alpha value is -1.56. The van der Waals surface area contributed by atoms with Crippen molar-refractivity contribution in [3.63, 3.8) is 0 Å². The van der Waals surface area contributed by atoms with E-state index in [1.54, 1.807) is 22.3 Å². The molecule has 1 aromatic rings. The molecule has 2 saturated carbocycles. The lowest BCUT2D eigenvalue weighted by molar-refractivity contribution is 0.220. The van der Waals surface area contributed by atoms with E-state index in [0.29, 0.717) is 17.3 Å². The molecular weight excluding hydrogens is 420 g/mol. The molecule has 0 aromatic heterocycles. The summed E-state index contributed by atoms with van der Waals surface area (Å²) in [4.78, 5) is 0. The Morgan fingerprint density at radius 1 is 1.09 bits per heavy atom. The van der Waals surface area contributed by atoms with Crippen molar-refractivity contribution in [3.8, 4) is 0 Å². The minimum absolute atomic E-state index is 0.460. The van der Waals surface area contributed by atoms with Gasteiger partial charge in [-0.1, -0.05) is 95.4 Å². The van der Waals surface area contributed by atoms with Crippen LogP contribution in [0.4, 0.5) is 0 Å². The molecule has 3 aliphatic carbocycles. The molecule has 0 N–H and O–H groups in total. The van der Waals surface area contributed by atoms with Crippen LogP contribution >= 0.6 is 0 Å². The average Bonchev–Trinajstić information content (AvgIpc) is 3.25. The molecule has 0 aliphatic heterocycles. The van der Waals surface area contributed by atoms with E-state index in [1.165, 1.54) is 62.5 Å². The summed E-state index contributed by atoms with van der Waals surface area (Å²) in [5, 5.41) is 0. The van der Waals surface area contributed by atoms with Crippen molar-refractivity contribution in [2.75, 3.05) is 0 Å². The third-order valence-electron chi connectivity index (χ3n) is 9.66. The molecule has 35 heavy (non-hydrogen) atoms. The third kappa shape index (κ3) is 6.42. The second-order valence-electron chi connectivity index (χ2n) is 13.5. The van der Waals surface area contributed by atoms with Gasteiger partial charge in [-0.3, -0.25) is 0 Å². The van der Waals surface area contributed by atoms with Crippen molar-refractivity contribution < 1.29 is 0 Å². The second kappa shape index (κ2) is 11.2. The fourth-order valence-electron chi connectivity index (χ4n) is 7.22. The highest BCUT2D eigenvalue weighted by molar-refractivity contribution is 5.44. The van der Waals surface area contributed by atoms with Gasteiger partial charge in [0.05, 0.1) is 0 Å². The van der Waals surface area contributed by atoms with E-state index in [0.717, 1.165) is 37.0 Å². The van der Waals surface area contributed by atoms with E-state index in [4.69, 9.17) is 0 Å². The van der Waals surface area contributed by atoms with Crippen LogP contribution in [0.2, 0.25) is 0 Å². The summed E-state index contributed by atoms with van der Waals surface area (Å²) in [5.41, 5.74) is 9.82. The SMILES string of the molecule is C=C(C)C[C@@H](C)c1ccc(C(CC(C)C)C2CCC(C)CC2)c(CC2=CC(C3(C)CCC3)=CC2)c1. The molecule has 0 bridgehead atoms. The maximum Gasteiger partial charge on any atom is -0.00578 e. The molecule has 1 unspecified atom stereocenters. The summed E-state index contributed by atoms with van der Waals surface area (Å²) in [6, 6.07) is 7.63. The normalized spacial score (nSPS) is 25.6. The molecule has 2 atom stereocenters. The molecule has 0 nitrogen and oxygen atoms in total. The lowest BCUT2D eigenvalue weighted by Gasteiger charge is -2.39. The van der Waals surface area contributed by atoms with E-state index in [-0.39, 0.29) is 0 Å². The van der Waals surface area contributed by atoms with Crippen LogP contribution in [-0.2, 0) is 6.42 Å². The van der Waals surface area contributed by atoms with E-state index in [2.05, 4.69) is 78.5 Å². The summed E-state index contributed by atoms with van der Waals surface area (Å²) >= 11 is 0. The Balaban J connectivity index is 1.65. The van der Waals surface area contributed by atoms with Crippen LogP contribution in [0, 0.1) is 23.2 Å². The zero-order valence-corrected chi connectivity index (χ0v) is 23.8. The van der Waals surface area contributed by atoms with Gasteiger partial charge < -0.3 is 0 Å². The number of hydrogen-bond donors (Lipinski definition) is 0. The highest BCUT2D eigenvalue weighted by Gasteiger charge is 2.36. The van der Waals surface area contributed by atoms with Gasteiger partial charge in [-0.05, 0) is 116 Å². The Bertz CT molecular complexity index is 942. The standard InChI is InChI=1S/C35H52/c1-24(2)19-27(6)30-14-16-33(34(20-25(3)4)29-12-9-26(5)10-13-29)31(23-30)21-28-11-15-32(22-28)35(7)17-8-18-35/h14-16,22-23,25-27,29,34H,1,8-13,17-21H2,2-7H3/t26?,27-,29?,34?/m1/s1. The molecule has 2 fully saturated rings. The Labute approximate surface area is 217 Å². The Morgan fingerprint density at radius 3 is 2.40 bits per heavy atom. The Kier molecular flexibility index (Phi) is 8.50. The van der Waals surface area contributed by atoms with E-state index < -0.39 is 0 Å². The number of hydrogen-bond acceptors (Lipinski definition) is 0. The predicted molar refractivity (Wildman–Crippen MR) is 154 cm³/mol. The maximum atomic E-state index is 4.20. The van der Waals surface area contributed by atoms with E-state index >= 15 is 0 Å². The van der Waals surface area contributed by atoms with E-state index in [1.807, 2.05) is 0 Å². The fraction of sp³-hybridized carbons (Fsp3) is 0.657. The first kappa shape index (κ1) is 26.5. The summed E-state index contributed by atoms with van der Waals surface area (Å²) < 4.78 is 0. The molecule has 0 heterocycles. The monoisotopic (exact) mass is 472 g/mol. The number of rotatable bonds is 10. The largest absolute Gasteiger partial charge is 0.100 e. The number of allylic oxidation sites excluding steroid dienone is 5. The molecule has 3 aliphatic rings. The lowest BCUT2D eigenvalue weighted by Crippen LogP contribution is -2.26. The first-order valence-electron chi connectivity index (χ1n) is 14.8. The Morgan fingerprint density at radius 2 is 1.80 bits per heavy atom. The molecule has 0 spiro atoms. The van der Waals surface area contributed by atoms with Crippen molar-refractivity contribution in [1.29, 1.82) is 0 Å². The van der Waals surface area contributed by atoms with Gasteiger partial charge in [-0.25, -0.2) is 0 Å². The maximum absolute atomic E-state index is 4.20. The topological polar surface area (TPSA) is 0 Å². The zero-order valence-electron chi connectivity index (χ0n) is 23.8. The summed E-state index contributed by atoms with van der Waals surface area (Å²) in [7, 11) is 0. The van der Waals surface area contributed by atoms with Gasteiger partial charge in [0.25, 0.3) is 0 Å². The van der Waals surface area contributed by atoms with Gasteiger partial charge in [-0.2, -0.15) is 0 Å². The van der Waals surface area contributed by atoms with Gasteiger partial charge in [-0.15, -0.1) is 6.58 Å². The molecule has 0 heteroatoms. The van der Waals surface area contributed by atoms with Crippen molar-refractivity contribution >= 4 is 0 Å². The smallest absolute Gasteiger partial charge is 0.00578 e. The summed E-state index contributed by atoms with van der Waals surface area (Å²) in [6.45, 7) is 18.5. The van der Waals surface area contributed by atoms with Crippen molar-refractivity contribution in [2.45, 2.75) is 124 Å². The van der Waals surface area contributed by atoms with Crippen molar-refractivity contribution in [3.05, 3.63) is 70.3 Å². The quantitative estimate of drug-likeness (QED) is 0.297. The molecule has 0 radical (unpaired) electrons. The van der Waals surface area contributed by atoms with Crippen LogP contribution in [0.25, 0.3) is 0 Å². The lowest BCUT2D eigenvalue weighted by atomic mass is 9.66. The molecule has 0 saturated heterocycles. The van der Waals surface area contributed by atoms with Crippen molar-refractivity contribution in [2.24, 2.45) is 23.2 Å². The van der Waals surface area contributed by atoms with Crippen LogP contribution in [0.15, 0.2) is 53.6 Å². The van der Waals surface area contributed by atoms with Crippen LogP contribution < -0.4 is 0 Å². The van der Waals surface area contributed by atoms with Gasteiger partial charge in [0.1, 0.15) is 0 Å². The predicted octanol–water partition coefficient (Wildman–Crippen LogP) is 10.7. The molecule has 0 amide bonds. The fourth-order valence-corrected chi connectivity index (χ4v) is 7.22. The van der Waals surface area contributed by atoms with Gasteiger partial charge in [0.15, 0.2) is 0 Å². The second-order valence-corrected chi connectivity index (χ2v) is 13.5. The van der Waals surface area contributed by atoms with Gasteiger partial charge >= 0.3 is 0 Å². The van der Waals surface area contributed by atoms with Gasteiger partial charge in [0.2, 0.25) is 0 Å². The van der Waals surface area contributed by atoms with E-state index in [9.17, 15) is 0 Å². The highest BCUT2D eigenvalue weighted by atomic mass is 14.4. The molecule has 192 valence electrons. The summed E-state index contributed by atoms with van der Waals surface area (Å²) in [5.74, 6) is 3.76. The first-order chi connectivity index (χ1) is 16.6. The summed E-state index contributed by atoms with van der Waals surface area (Å²) in [6.07, 6.45) is 19.7. The van der Waals surface area contributed by atoms with Gasteiger partial charge in [0, 0.05) is 0 Å². The minimum Gasteiger partial charge on any atom is -0.100 e. The zero-order chi connectivity index (χ0) is 25.2. The number of benzene rings is 1. The highest BCUT2D eigenvalue weighted by Crippen LogP contribution is 2.49. The third-order valence-corrected chi connectivity index (χ3v) is 9.66. The first-order valence-corrected chi connectivity index (χ1v) is 14.8. The van der Waals surface area contributed by atoms with Crippen LogP contribution in [0.3, 0.4) is 0 Å². The molecular formula is C35H52. The average molecular weight is 473 g/mol. The molecule has 1 aromatic carbocycles. The minimum atomic E-state index is 0.460. The van der Waals surface area contributed by atoms with Crippen molar-refractivity contribution in [1.82, 2.24) is 0 Å². The van der Waals surface area contributed by atoms with Crippen LogP contribution in [0.5, 0.6) is 0 Å². The van der Waals surface area contributed by atoms with Crippen LogP contribution in [0.1, 0.15) is 134 Å².